The number of nitriles is 1. The van der Waals surface area contributed by atoms with Gasteiger partial charge < -0.3 is 14.2 Å². The molecule has 17 heteroatoms. The van der Waals surface area contributed by atoms with Gasteiger partial charge >= 0.3 is 22.3 Å². The number of anilines is 1. The van der Waals surface area contributed by atoms with Gasteiger partial charge in [0.05, 0.1) is 34.7 Å². The summed E-state index contributed by atoms with van der Waals surface area (Å²) in [4.78, 5) is 23.3. The molecule has 9 nitrogen and oxygen atoms in total. The van der Waals surface area contributed by atoms with Crippen LogP contribution in [0.15, 0.2) is 35.2 Å². The van der Waals surface area contributed by atoms with Crippen LogP contribution in [0, 0.1) is 11.3 Å². The van der Waals surface area contributed by atoms with E-state index in [4.69, 9.17) is 37.4 Å². The molecule has 0 spiro atoms. The Morgan fingerprint density at radius 2 is 1.83 bits per heavy atom. The van der Waals surface area contributed by atoms with E-state index in [-0.39, 0.29) is 37.1 Å². The summed E-state index contributed by atoms with van der Waals surface area (Å²) in [5.41, 5.74) is -1.02. The summed E-state index contributed by atoms with van der Waals surface area (Å²) in [7, 11) is -9.09. The first-order valence-corrected chi connectivity index (χ1v) is 14.7. The second-order valence-electron chi connectivity index (χ2n) is 9.62. The van der Waals surface area contributed by atoms with Crippen molar-refractivity contribution in [1.82, 2.24) is 9.78 Å². The van der Waals surface area contributed by atoms with Crippen molar-refractivity contribution in [1.29, 1.82) is 5.26 Å². The van der Waals surface area contributed by atoms with Gasteiger partial charge in [0.15, 0.2) is 5.69 Å². The molecule has 1 aliphatic carbocycles. The summed E-state index contributed by atoms with van der Waals surface area (Å²) in [6.45, 7) is 0.306. The Labute approximate surface area is 244 Å². The first kappa shape index (κ1) is 29.7. The molecule has 1 aliphatic heterocycles. The van der Waals surface area contributed by atoms with E-state index in [1.807, 2.05) is 0 Å². The molecule has 1 saturated carbocycles. The third-order valence-electron chi connectivity index (χ3n) is 6.79. The minimum absolute atomic E-state index is 0.0371. The molecular formula is C25H19Cl2F5N4O5S. The molecule has 0 saturated heterocycles. The maximum atomic E-state index is 13.5. The average molecular weight is 653 g/mol. The lowest BCUT2D eigenvalue weighted by atomic mass is 9.95. The Kier molecular flexibility index (Phi) is 6.64. The van der Waals surface area contributed by atoms with Crippen LogP contribution in [0.2, 0.25) is 10.0 Å². The number of carbonyl (C=O) groups is 2. The van der Waals surface area contributed by atoms with Crippen LogP contribution in [-0.2, 0) is 32.7 Å². The van der Waals surface area contributed by atoms with Gasteiger partial charge in [-0.25, -0.2) is 9.48 Å². The van der Waals surface area contributed by atoms with Crippen LogP contribution < -0.4 is 10.1 Å². The highest BCUT2D eigenvalue weighted by Crippen LogP contribution is 3.02. The number of esters is 1. The predicted octanol–water partition coefficient (Wildman–Crippen LogP) is 7.60. The largest absolute Gasteiger partial charge is 0.493 e. The fourth-order valence-corrected chi connectivity index (χ4v) is 6.14. The average Bonchev–Trinajstić information content (AvgIpc) is 3.42. The Morgan fingerprint density at radius 1 is 1.17 bits per heavy atom. The molecule has 0 unspecified atom stereocenters. The van der Waals surface area contributed by atoms with Crippen molar-refractivity contribution in [2.45, 2.75) is 36.2 Å². The molecule has 0 atom stereocenters. The smallest absolute Gasteiger partial charge is 0.413 e. The van der Waals surface area contributed by atoms with Crippen molar-refractivity contribution >= 4 is 51.3 Å². The van der Waals surface area contributed by atoms with Gasteiger partial charge in [0.1, 0.15) is 34.8 Å². The number of carbonyl (C=O) groups excluding carboxylic acids is 2. The minimum atomic E-state index is -10.2. The lowest BCUT2D eigenvalue weighted by molar-refractivity contribution is -0.143. The fourth-order valence-electron chi connectivity index (χ4n) is 4.68. The number of fused-ring (bicyclic) bond motifs is 1. The van der Waals surface area contributed by atoms with Gasteiger partial charge in [0, 0.05) is 6.42 Å². The molecule has 2 aromatic carbocycles. The number of hydrogen-bond donors (Lipinski definition) is 1. The molecule has 2 aliphatic rings. The molecule has 0 radical (unpaired) electrons. The van der Waals surface area contributed by atoms with Crippen molar-refractivity contribution in [3.8, 4) is 17.5 Å². The Bertz CT molecular complexity index is 1680. The van der Waals surface area contributed by atoms with Gasteiger partial charge in [-0.3, -0.25) is 10.1 Å². The number of rotatable bonds is 7. The SMILES string of the molecule is COC(=O)C1(c2c(C#N)nn(-c3c(Cl)cc(S(F)(F)(F)(F)F)cc3Cl)c2NC(=O)OCc2ccc3c(c2)CCO3)CC1. The van der Waals surface area contributed by atoms with Gasteiger partial charge in [0.2, 0.25) is 0 Å². The molecule has 1 aromatic heterocycles. The van der Waals surface area contributed by atoms with Crippen LogP contribution >= 0.6 is 33.4 Å². The van der Waals surface area contributed by atoms with E-state index >= 15 is 0 Å². The Balaban J connectivity index is 1.58. The molecule has 224 valence electrons. The van der Waals surface area contributed by atoms with Crippen molar-refractivity contribution in [3.63, 3.8) is 0 Å². The van der Waals surface area contributed by atoms with Crippen LogP contribution in [0.3, 0.4) is 0 Å². The van der Waals surface area contributed by atoms with Crippen LogP contribution in [0.1, 0.15) is 35.2 Å². The lowest BCUT2D eigenvalue weighted by Crippen LogP contribution is -2.25. The summed E-state index contributed by atoms with van der Waals surface area (Å²) in [5.74, 6) is -0.460. The highest BCUT2D eigenvalue weighted by molar-refractivity contribution is 8.45. The first-order chi connectivity index (χ1) is 19.5. The Hall–Kier alpha value is -3.74. The highest BCUT2D eigenvalue weighted by atomic mass is 35.5. The summed E-state index contributed by atoms with van der Waals surface area (Å²) >= 11 is 12.1. The minimum Gasteiger partial charge on any atom is -0.493 e. The zero-order valence-corrected chi connectivity index (χ0v) is 23.7. The maximum absolute atomic E-state index is 13.5. The summed E-state index contributed by atoms with van der Waals surface area (Å²) in [6.07, 6.45) is -0.0839. The number of amides is 1. The van der Waals surface area contributed by atoms with Crippen molar-refractivity contribution in [2.24, 2.45) is 0 Å². The lowest BCUT2D eigenvalue weighted by Gasteiger charge is -2.40. The predicted molar refractivity (Wildman–Crippen MR) is 142 cm³/mol. The standard InChI is InChI=1S/C25H19Cl2F5N4O5S/c1-39-23(37)25(5-6-25)20-18(11-33)35-36(21-16(26)9-15(10-17(21)27)42(28,29,30,31)32)22(20)34-24(38)41-12-13-2-3-19-14(8-13)4-7-40-19/h2-3,8-10H,4-7,12H2,1H3,(H,34,38). The summed E-state index contributed by atoms with van der Waals surface area (Å²) in [6, 6.07) is 6.88. The third-order valence-corrected chi connectivity index (χ3v) is 8.49. The summed E-state index contributed by atoms with van der Waals surface area (Å²) in [5, 5.41) is 14.4. The number of halogens is 7. The number of nitrogens with one attached hydrogen (secondary N) is 1. The maximum Gasteiger partial charge on any atom is 0.413 e. The molecule has 2 heterocycles. The second-order valence-corrected chi connectivity index (χ2v) is 12.8. The van der Waals surface area contributed by atoms with Crippen molar-refractivity contribution < 1.29 is 43.2 Å². The molecule has 1 fully saturated rings. The van der Waals surface area contributed by atoms with Crippen LogP contribution in [0.5, 0.6) is 5.75 Å². The highest BCUT2D eigenvalue weighted by Gasteiger charge is 2.66. The number of aromatic nitrogens is 2. The molecular weight excluding hydrogens is 634 g/mol. The van der Waals surface area contributed by atoms with Gasteiger partial charge in [-0.15, -0.1) is 0 Å². The monoisotopic (exact) mass is 652 g/mol. The van der Waals surface area contributed by atoms with E-state index in [0.29, 0.717) is 29.0 Å². The van der Waals surface area contributed by atoms with Crippen LogP contribution in [-0.4, -0.2) is 35.6 Å². The Morgan fingerprint density at radius 3 is 2.40 bits per heavy atom. The number of nitrogens with zero attached hydrogens (tertiary/aromatic N) is 3. The molecule has 0 bridgehead atoms. The van der Waals surface area contributed by atoms with E-state index < -0.39 is 59.8 Å². The van der Waals surface area contributed by atoms with Gasteiger partial charge in [-0.2, -0.15) is 10.4 Å². The van der Waals surface area contributed by atoms with Crippen molar-refractivity contribution in [2.75, 3.05) is 19.0 Å². The fraction of sp³-hybridized carbons (Fsp3) is 0.280. The van der Waals surface area contributed by atoms with Gasteiger partial charge in [-0.05, 0) is 48.2 Å². The quantitative estimate of drug-likeness (QED) is 0.206. The van der Waals surface area contributed by atoms with E-state index in [2.05, 4.69) is 10.4 Å². The molecule has 1 N–H and O–H groups in total. The molecule has 42 heavy (non-hydrogen) atoms. The molecule has 1 amide bonds. The van der Waals surface area contributed by atoms with E-state index in [9.17, 15) is 34.3 Å². The van der Waals surface area contributed by atoms with E-state index in [1.54, 1.807) is 24.3 Å². The first-order valence-electron chi connectivity index (χ1n) is 12.0. The third kappa shape index (κ3) is 5.41. The zero-order valence-electron chi connectivity index (χ0n) is 21.4. The van der Waals surface area contributed by atoms with Crippen LogP contribution in [0.25, 0.3) is 5.69 Å². The number of methoxy groups -OCH3 is 1. The topological polar surface area (TPSA) is 115 Å². The van der Waals surface area contributed by atoms with Gasteiger partial charge in [0.25, 0.3) is 0 Å². The molecule has 3 aromatic rings. The van der Waals surface area contributed by atoms with Gasteiger partial charge in [-0.1, -0.05) is 48.7 Å². The number of hydrogen-bond acceptors (Lipinski definition) is 7. The summed E-state index contributed by atoms with van der Waals surface area (Å²) < 4.78 is 83.8. The number of benzene rings is 2. The zero-order chi connectivity index (χ0) is 30.7. The number of ether oxygens (including phenoxy) is 3. The van der Waals surface area contributed by atoms with Crippen LogP contribution in [0.4, 0.5) is 30.0 Å². The van der Waals surface area contributed by atoms with E-state index in [0.717, 1.165) is 12.7 Å². The van der Waals surface area contributed by atoms with E-state index in [1.165, 1.54) is 0 Å². The van der Waals surface area contributed by atoms with Crippen molar-refractivity contribution in [3.05, 3.63) is 62.8 Å². The normalized spacial score (nSPS) is 16.7. The molecule has 5 rings (SSSR count). The second kappa shape index (κ2) is 9.38.